The van der Waals surface area contributed by atoms with Crippen molar-refractivity contribution in [3.8, 4) is 0 Å². The lowest BCUT2D eigenvalue weighted by Crippen LogP contribution is -2.48. The molecule has 0 aromatic heterocycles. The SMILES string of the molecule is CCOC(=O)C1=C2C=C(C)C[C@H]3[C@@H](C(=O)OCC)SC(SC)=C(C1=O)N23. The van der Waals surface area contributed by atoms with Crippen molar-refractivity contribution in [1.29, 1.82) is 0 Å². The molecule has 0 saturated heterocycles. The highest BCUT2D eigenvalue weighted by molar-refractivity contribution is 8.22. The maximum absolute atomic E-state index is 13.0. The summed E-state index contributed by atoms with van der Waals surface area (Å²) in [4.78, 5) is 39.9. The van der Waals surface area contributed by atoms with Gasteiger partial charge in [0.25, 0.3) is 0 Å². The summed E-state index contributed by atoms with van der Waals surface area (Å²) in [5.41, 5.74) is 2.09. The Hall–Kier alpha value is -1.67. The summed E-state index contributed by atoms with van der Waals surface area (Å²) in [7, 11) is 0. The monoisotopic (exact) mass is 395 g/mol. The number of esters is 2. The fourth-order valence-electron chi connectivity index (χ4n) is 3.44. The van der Waals surface area contributed by atoms with Crippen molar-refractivity contribution in [3.05, 3.63) is 32.9 Å². The highest BCUT2D eigenvalue weighted by Gasteiger charge is 2.52. The van der Waals surface area contributed by atoms with Crippen LogP contribution in [0.3, 0.4) is 0 Å². The molecule has 0 aromatic rings. The van der Waals surface area contributed by atoms with Gasteiger partial charge < -0.3 is 14.4 Å². The Labute approximate surface area is 161 Å². The molecule has 0 saturated carbocycles. The van der Waals surface area contributed by atoms with Crippen LogP contribution in [0.2, 0.25) is 0 Å². The Morgan fingerprint density at radius 2 is 2.00 bits per heavy atom. The van der Waals surface area contributed by atoms with E-state index >= 15 is 0 Å². The molecule has 3 heterocycles. The highest BCUT2D eigenvalue weighted by Crippen LogP contribution is 2.51. The fourth-order valence-corrected chi connectivity index (χ4v) is 5.60. The third-order valence-electron chi connectivity index (χ3n) is 4.41. The first-order chi connectivity index (χ1) is 12.4. The maximum atomic E-state index is 13.0. The first kappa shape index (κ1) is 19.1. The zero-order chi connectivity index (χ0) is 19.0. The molecular weight excluding hydrogens is 374 g/mol. The van der Waals surface area contributed by atoms with Crippen LogP contribution in [0.4, 0.5) is 0 Å². The molecule has 3 aliphatic rings. The van der Waals surface area contributed by atoms with Crippen LogP contribution in [0, 0.1) is 0 Å². The number of allylic oxidation sites excluding steroid dienone is 2. The van der Waals surface area contributed by atoms with Gasteiger partial charge in [-0.1, -0.05) is 17.3 Å². The minimum absolute atomic E-state index is 0.0579. The second-order valence-corrected chi connectivity index (χ2v) is 8.30. The van der Waals surface area contributed by atoms with E-state index in [1.807, 2.05) is 24.2 Å². The number of nitrogens with zero attached hydrogens (tertiary/aromatic N) is 1. The summed E-state index contributed by atoms with van der Waals surface area (Å²) >= 11 is 2.76. The zero-order valence-electron chi connectivity index (χ0n) is 15.2. The van der Waals surface area contributed by atoms with Gasteiger partial charge in [-0.2, -0.15) is 0 Å². The summed E-state index contributed by atoms with van der Waals surface area (Å²) in [5.74, 6) is -1.23. The van der Waals surface area contributed by atoms with Gasteiger partial charge in [0.2, 0.25) is 5.78 Å². The van der Waals surface area contributed by atoms with Crippen LogP contribution in [0.1, 0.15) is 27.2 Å². The van der Waals surface area contributed by atoms with Gasteiger partial charge in [-0.25, -0.2) is 4.79 Å². The molecule has 0 fully saturated rings. The second kappa shape index (κ2) is 7.52. The van der Waals surface area contributed by atoms with Crippen molar-refractivity contribution in [2.24, 2.45) is 0 Å². The lowest BCUT2D eigenvalue weighted by Gasteiger charge is -2.42. The van der Waals surface area contributed by atoms with Crippen molar-refractivity contribution in [2.75, 3.05) is 19.5 Å². The van der Waals surface area contributed by atoms with Crippen molar-refractivity contribution in [2.45, 2.75) is 38.5 Å². The lowest BCUT2D eigenvalue weighted by molar-refractivity contribution is -0.143. The topological polar surface area (TPSA) is 72.9 Å². The smallest absolute Gasteiger partial charge is 0.344 e. The quantitative estimate of drug-likeness (QED) is 0.520. The maximum Gasteiger partial charge on any atom is 0.344 e. The number of ketones is 1. The summed E-state index contributed by atoms with van der Waals surface area (Å²) in [6, 6.07) is -0.249. The van der Waals surface area contributed by atoms with Crippen molar-refractivity contribution in [3.63, 3.8) is 0 Å². The minimum Gasteiger partial charge on any atom is -0.465 e. The summed E-state index contributed by atoms with van der Waals surface area (Å²) in [6.45, 7) is 5.93. The Balaban J connectivity index is 2.15. The van der Waals surface area contributed by atoms with Gasteiger partial charge in [0.1, 0.15) is 16.5 Å². The molecule has 6 nitrogen and oxygen atoms in total. The van der Waals surface area contributed by atoms with E-state index < -0.39 is 11.2 Å². The Morgan fingerprint density at radius 3 is 2.62 bits per heavy atom. The molecule has 0 amide bonds. The first-order valence-corrected chi connectivity index (χ1v) is 10.6. The van der Waals surface area contributed by atoms with Crippen molar-refractivity contribution < 1.29 is 23.9 Å². The standard InChI is InChI=1S/C18H21NO5S2/c1-5-23-16(21)12-10-7-9(3)8-11-15(17(22)24-6-2)26-18(25-4)13(14(12)20)19(10)11/h7,11,15H,5-6,8H2,1-4H3/t11-,15-/m0/s1. The normalized spacial score (nSPS) is 24.5. The lowest BCUT2D eigenvalue weighted by atomic mass is 9.96. The average Bonchev–Trinajstić information content (AvgIpc) is 2.89. The number of ether oxygens (including phenoxy) is 2. The molecule has 0 radical (unpaired) electrons. The Morgan fingerprint density at radius 1 is 1.31 bits per heavy atom. The first-order valence-electron chi connectivity index (χ1n) is 8.48. The van der Waals surface area contributed by atoms with E-state index in [0.29, 0.717) is 24.4 Å². The fraction of sp³-hybridized carbons (Fsp3) is 0.500. The van der Waals surface area contributed by atoms with Crippen LogP contribution in [-0.2, 0) is 23.9 Å². The molecule has 140 valence electrons. The van der Waals surface area contributed by atoms with E-state index in [9.17, 15) is 14.4 Å². The number of hydrogen-bond donors (Lipinski definition) is 0. The number of carbonyl (C=O) groups excluding carboxylic acids is 3. The Kier molecular flexibility index (Phi) is 5.53. The van der Waals surface area contributed by atoms with E-state index in [1.54, 1.807) is 13.8 Å². The van der Waals surface area contributed by atoms with Gasteiger partial charge in [-0.3, -0.25) is 9.59 Å². The zero-order valence-corrected chi connectivity index (χ0v) is 16.8. The molecule has 3 rings (SSSR count). The minimum atomic E-state index is -0.614. The van der Waals surface area contributed by atoms with Gasteiger partial charge in [-0.15, -0.1) is 11.8 Å². The predicted octanol–water partition coefficient (Wildman–Crippen LogP) is 2.62. The molecule has 3 aliphatic heterocycles. The molecular formula is C18H21NO5S2. The van der Waals surface area contributed by atoms with Gasteiger partial charge in [0.05, 0.1) is 29.2 Å². The third-order valence-corrected chi connectivity index (χ3v) is 6.93. The number of thioether (sulfide) groups is 2. The molecule has 26 heavy (non-hydrogen) atoms. The molecule has 2 atom stereocenters. The molecule has 0 spiro atoms. The van der Waals surface area contributed by atoms with E-state index in [-0.39, 0.29) is 30.0 Å². The summed E-state index contributed by atoms with van der Waals surface area (Å²) in [6.07, 6.45) is 4.34. The molecule has 0 N–H and O–H groups in total. The molecule has 8 heteroatoms. The van der Waals surface area contributed by atoms with Crippen LogP contribution < -0.4 is 0 Å². The van der Waals surface area contributed by atoms with E-state index in [1.165, 1.54) is 23.5 Å². The highest BCUT2D eigenvalue weighted by atomic mass is 32.2. The summed E-state index contributed by atoms with van der Waals surface area (Å²) < 4.78 is 11.1. The van der Waals surface area contributed by atoms with E-state index in [0.717, 1.165) is 9.81 Å². The van der Waals surface area contributed by atoms with Crippen molar-refractivity contribution >= 4 is 41.2 Å². The summed E-state index contributed by atoms with van der Waals surface area (Å²) in [5, 5.41) is -0.450. The molecule has 0 aromatic carbocycles. The number of rotatable bonds is 5. The molecule has 0 unspecified atom stereocenters. The Bertz CT molecular complexity index is 768. The number of Topliss-reactive ketones (excluding diaryl/α,β-unsaturated/α-hetero) is 1. The van der Waals surface area contributed by atoms with Gasteiger partial charge in [0.15, 0.2) is 0 Å². The van der Waals surface area contributed by atoms with E-state index in [4.69, 9.17) is 9.47 Å². The van der Waals surface area contributed by atoms with Crippen LogP contribution in [-0.4, -0.2) is 53.4 Å². The van der Waals surface area contributed by atoms with Gasteiger partial charge in [-0.05, 0) is 39.5 Å². The van der Waals surface area contributed by atoms with Gasteiger partial charge in [0, 0.05) is 0 Å². The second-order valence-electron chi connectivity index (χ2n) is 6.07. The van der Waals surface area contributed by atoms with Crippen LogP contribution >= 0.6 is 23.5 Å². The predicted molar refractivity (Wildman–Crippen MR) is 101 cm³/mol. The largest absolute Gasteiger partial charge is 0.465 e. The van der Waals surface area contributed by atoms with Crippen molar-refractivity contribution in [1.82, 2.24) is 4.90 Å². The van der Waals surface area contributed by atoms with Gasteiger partial charge >= 0.3 is 11.9 Å². The average molecular weight is 396 g/mol. The van der Waals surface area contributed by atoms with Crippen LogP contribution in [0.5, 0.6) is 0 Å². The van der Waals surface area contributed by atoms with Crippen LogP contribution in [0.15, 0.2) is 32.9 Å². The molecule has 0 bridgehead atoms. The van der Waals surface area contributed by atoms with Crippen LogP contribution in [0.25, 0.3) is 0 Å². The number of carbonyl (C=O) groups is 3. The van der Waals surface area contributed by atoms with E-state index in [2.05, 4.69) is 0 Å². The third kappa shape index (κ3) is 2.99. The number of hydrogen-bond acceptors (Lipinski definition) is 8. The molecule has 0 aliphatic carbocycles.